The number of halogens is 1. The molecule has 158 valence electrons. The van der Waals surface area contributed by atoms with Crippen LogP contribution in [0.25, 0.3) is 22.4 Å². The van der Waals surface area contributed by atoms with Crippen LogP contribution >= 0.6 is 11.6 Å². The fourth-order valence-corrected chi connectivity index (χ4v) is 5.08. The molecular weight excluding hydrogens is 400 g/mol. The lowest BCUT2D eigenvalue weighted by Crippen LogP contribution is -2.38. The van der Waals surface area contributed by atoms with Gasteiger partial charge in [0.05, 0.1) is 12.9 Å². The van der Waals surface area contributed by atoms with Crippen LogP contribution in [0, 0.1) is 12.8 Å². The van der Waals surface area contributed by atoms with Gasteiger partial charge >= 0.3 is 0 Å². The van der Waals surface area contributed by atoms with Crippen molar-refractivity contribution in [3.05, 3.63) is 29.4 Å². The highest BCUT2D eigenvalue weighted by Crippen LogP contribution is 2.32. The average molecular weight is 427 g/mol. The first-order valence-electron chi connectivity index (χ1n) is 10.8. The van der Waals surface area contributed by atoms with Gasteiger partial charge in [0.25, 0.3) is 0 Å². The molecule has 2 unspecified atom stereocenters. The minimum atomic E-state index is 0.201. The van der Waals surface area contributed by atoms with Gasteiger partial charge in [-0.2, -0.15) is 4.98 Å². The highest BCUT2D eigenvalue weighted by molar-refractivity contribution is 6.28. The van der Waals surface area contributed by atoms with Crippen molar-refractivity contribution in [2.45, 2.75) is 45.1 Å². The van der Waals surface area contributed by atoms with E-state index in [1.165, 1.54) is 38.8 Å². The van der Waals surface area contributed by atoms with E-state index in [-0.39, 0.29) is 5.28 Å². The van der Waals surface area contributed by atoms with Crippen LogP contribution in [0.2, 0.25) is 5.28 Å². The summed E-state index contributed by atoms with van der Waals surface area (Å²) in [7, 11) is 1.89. The van der Waals surface area contributed by atoms with Crippen LogP contribution in [0.4, 0.5) is 0 Å². The zero-order chi connectivity index (χ0) is 20.7. The number of hydrogen-bond acceptors (Lipinski definition) is 6. The maximum Gasteiger partial charge on any atom is 0.225 e. The second-order valence-corrected chi connectivity index (χ2v) is 8.91. The summed E-state index contributed by atoms with van der Waals surface area (Å²) in [5.74, 6) is 1.46. The summed E-state index contributed by atoms with van der Waals surface area (Å²) in [6.45, 7) is 5.28. The first-order valence-corrected chi connectivity index (χ1v) is 11.1. The van der Waals surface area contributed by atoms with Crippen molar-refractivity contribution >= 4 is 22.8 Å². The molecule has 0 N–H and O–H groups in total. The van der Waals surface area contributed by atoms with Crippen molar-refractivity contribution in [1.82, 2.24) is 29.4 Å². The highest BCUT2D eigenvalue weighted by atomic mass is 35.5. The lowest BCUT2D eigenvalue weighted by Gasteiger charge is -2.34. The molecule has 2 fully saturated rings. The first-order chi connectivity index (χ1) is 14.6. The Morgan fingerprint density at radius 2 is 2.10 bits per heavy atom. The van der Waals surface area contributed by atoms with Crippen LogP contribution in [0.1, 0.15) is 37.7 Å². The molecule has 0 saturated carbocycles. The number of pyridine rings is 1. The Kier molecular flexibility index (Phi) is 5.33. The van der Waals surface area contributed by atoms with Gasteiger partial charge in [-0.25, -0.2) is 15.0 Å². The predicted molar refractivity (Wildman–Crippen MR) is 117 cm³/mol. The number of ether oxygens (including phenoxy) is 1. The Morgan fingerprint density at radius 3 is 2.97 bits per heavy atom. The van der Waals surface area contributed by atoms with E-state index in [2.05, 4.69) is 24.8 Å². The van der Waals surface area contributed by atoms with Gasteiger partial charge in [-0.15, -0.1) is 0 Å². The first kappa shape index (κ1) is 19.7. The van der Waals surface area contributed by atoms with Crippen molar-refractivity contribution in [2.24, 2.45) is 13.0 Å². The fraction of sp³-hybridized carbons (Fsp3) is 0.545. The van der Waals surface area contributed by atoms with Gasteiger partial charge in [0, 0.05) is 30.4 Å². The molecule has 30 heavy (non-hydrogen) atoms. The molecular formula is C22H27ClN6O. The Morgan fingerprint density at radius 1 is 1.20 bits per heavy atom. The Bertz CT molecular complexity index is 1070. The summed E-state index contributed by atoms with van der Waals surface area (Å²) < 4.78 is 7.89. The van der Waals surface area contributed by atoms with Gasteiger partial charge < -0.3 is 14.2 Å². The van der Waals surface area contributed by atoms with Gasteiger partial charge in [0.1, 0.15) is 11.2 Å². The fourth-order valence-electron chi connectivity index (χ4n) is 4.92. The molecule has 5 rings (SSSR count). The molecule has 3 aromatic rings. The second-order valence-electron chi connectivity index (χ2n) is 8.57. The molecule has 0 bridgehead atoms. The monoisotopic (exact) mass is 426 g/mol. The molecule has 2 saturated heterocycles. The highest BCUT2D eigenvalue weighted by Gasteiger charge is 2.31. The van der Waals surface area contributed by atoms with Crippen LogP contribution in [0.5, 0.6) is 5.88 Å². The number of aromatic nitrogens is 5. The van der Waals surface area contributed by atoms with E-state index in [0.717, 1.165) is 35.0 Å². The van der Waals surface area contributed by atoms with E-state index in [9.17, 15) is 0 Å². The maximum absolute atomic E-state index is 6.14. The van der Waals surface area contributed by atoms with E-state index in [1.807, 2.05) is 24.6 Å². The van der Waals surface area contributed by atoms with E-state index in [0.29, 0.717) is 23.8 Å². The normalized spacial score (nSPS) is 21.8. The summed E-state index contributed by atoms with van der Waals surface area (Å²) in [6, 6.07) is 2.84. The van der Waals surface area contributed by atoms with E-state index in [4.69, 9.17) is 16.3 Å². The minimum absolute atomic E-state index is 0.201. The van der Waals surface area contributed by atoms with Gasteiger partial charge in [-0.3, -0.25) is 0 Å². The van der Waals surface area contributed by atoms with Gasteiger partial charge in [0.2, 0.25) is 11.2 Å². The minimum Gasteiger partial charge on any atom is -0.477 e. The van der Waals surface area contributed by atoms with Gasteiger partial charge in [-0.1, -0.05) is 0 Å². The molecule has 5 heterocycles. The molecule has 0 aliphatic carbocycles. The SMILES string of the molecule is Cc1cc(-c2nc(Cl)nc3c2ncn3C)cnc1OCCC1CCN2CCCC2C1. The molecule has 2 aliphatic heterocycles. The predicted octanol–water partition coefficient (Wildman–Crippen LogP) is 4.03. The Labute approximate surface area is 181 Å². The number of piperidine rings is 1. The molecule has 0 amide bonds. The van der Waals surface area contributed by atoms with E-state index < -0.39 is 0 Å². The number of hydrogen-bond donors (Lipinski definition) is 0. The number of rotatable bonds is 5. The smallest absolute Gasteiger partial charge is 0.225 e. The summed E-state index contributed by atoms with van der Waals surface area (Å²) in [5, 5.41) is 0.201. The lowest BCUT2D eigenvalue weighted by molar-refractivity contribution is 0.135. The molecule has 8 heteroatoms. The van der Waals surface area contributed by atoms with Crippen molar-refractivity contribution in [3.8, 4) is 17.1 Å². The van der Waals surface area contributed by atoms with Crippen LogP contribution in [-0.2, 0) is 7.05 Å². The molecule has 3 aromatic heterocycles. The number of aryl methyl sites for hydroxylation is 2. The molecule has 0 spiro atoms. The van der Waals surface area contributed by atoms with Crippen LogP contribution in [0.3, 0.4) is 0 Å². The number of imidazole rings is 1. The van der Waals surface area contributed by atoms with E-state index in [1.54, 1.807) is 12.5 Å². The third kappa shape index (κ3) is 3.76. The molecule has 0 radical (unpaired) electrons. The standard InChI is InChI=1S/C22H27ClN6O/c1-14-10-16(18-19-20(27-22(23)26-18)28(2)13-25-19)12-24-21(14)30-9-6-15-5-8-29-7-3-4-17(29)11-15/h10,12-13,15,17H,3-9,11H2,1-2H3. The second kappa shape index (κ2) is 8.12. The quantitative estimate of drug-likeness (QED) is 0.574. The van der Waals surface area contributed by atoms with Crippen LogP contribution in [-0.4, -0.2) is 55.1 Å². The van der Waals surface area contributed by atoms with Gasteiger partial charge in [0.15, 0.2) is 5.65 Å². The molecule has 2 aliphatic rings. The zero-order valence-corrected chi connectivity index (χ0v) is 18.3. The van der Waals surface area contributed by atoms with Crippen LogP contribution < -0.4 is 4.74 Å². The average Bonchev–Trinajstić information content (AvgIpc) is 3.35. The zero-order valence-electron chi connectivity index (χ0n) is 17.5. The third-order valence-electron chi connectivity index (χ3n) is 6.53. The third-order valence-corrected chi connectivity index (χ3v) is 6.70. The number of fused-ring (bicyclic) bond motifs is 2. The van der Waals surface area contributed by atoms with Crippen molar-refractivity contribution in [2.75, 3.05) is 19.7 Å². The molecule has 0 aromatic carbocycles. The summed E-state index contributed by atoms with van der Waals surface area (Å²) in [6.07, 6.45) is 9.95. The number of nitrogens with zero attached hydrogens (tertiary/aromatic N) is 6. The Balaban J connectivity index is 1.26. The lowest BCUT2D eigenvalue weighted by atomic mass is 9.89. The van der Waals surface area contributed by atoms with Crippen molar-refractivity contribution in [3.63, 3.8) is 0 Å². The van der Waals surface area contributed by atoms with E-state index >= 15 is 0 Å². The summed E-state index contributed by atoms with van der Waals surface area (Å²) in [5.41, 5.74) is 3.96. The van der Waals surface area contributed by atoms with Crippen molar-refractivity contribution < 1.29 is 4.74 Å². The molecule has 2 atom stereocenters. The summed E-state index contributed by atoms with van der Waals surface area (Å²) in [4.78, 5) is 20.3. The summed E-state index contributed by atoms with van der Waals surface area (Å²) >= 11 is 6.14. The van der Waals surface area contributed by atoms with Gasteiger partial charge in [-0.05, 0) is 75.7 Å². The largest absolute Gasteiger partial charge is 0.477 e. The Hall–Kier alpha value is -2.25. The van der Waals surface area contributed by atoms with Crippen LogP contribution in [0.15, 0.2) is 18.6 Å². The van der Waals surface area contributed by atoms with Crippen molar-refractivity contribution in [1.29, 1.82) is 0 Å². The topological polar surface area (TPSA) is 69.0 Å². The molecule has 7 nitrogen and oxygen atoms in total. The maximum atomic E-state index is 6.14.